The van der Waals surface area contributed by atoms with Gasteiger partial charge in [0.05, 0.1) is 4.90 Å². The molecule has 0 saturated carbocycles. The quantitative estimate of drug-likeness (QED) is 0.737. The maximum absolute atomic E-state index is 12.1. The van der Waals surface area contributed by atoms with Crippen LogP contribution in [-0.2, 0) is 16.4 Å². The van der Waals surface area contributed by atoms with Crippen LogP contribution in [-0.4, -0.2) is 27.0 Å². The van der Waals surface area contributed by atoms with E-state index in [0.29, 0.717) is 10.9 Å². The number of hydrogen-bond acceptors (Lipinski definition) is 3. The van der Waals surface area contributed by atoms with Crippen LogP contribution in [0.2, 0.25) is 0 Å². The molecule has 0 aliphatic rings. The van der Waals surface area contributed by atoms with Crippen molar-refractivity contribution in [2.75, 3.05) is 6.54 Å². The van der Waals surface area contributed by atoms with Gasteiger partial charge in [0.15, 0.2) is 0 Å². The van der Waals surface area contributed by atoms with E-state index in [1.807, 2.05) is 26.0 Å². The Morgan fingerprint density at radius 1 is 1.10 bits per heavy atom. The van der Waals surface area contributed by atoms with E-state index in [-0.39, 0.29) is 6.04 Å². The van der Waals surface area contributed by atoms with E-state index in [9.17, 15) is 8.42 Å². The predicted octanol–water partition coefficient (Wildman–Crippen LogP) is 2.69. The summed E-state index contributed by atoms with van der Waals surface area (Å²) >= 11 is 0. The Kier molecular flexibility index (Phi) is 7.35. The molecular formula is C16H28N2O2S. The van der Waals surface area contributed by atoms with Gasteiger partial charge >= 0.3 is 0 Å². The number of benzene rings is 1. The summed E-state index contributed by atoms with van der Waals surface area (Å²) in [7, 11) is -3.39. The van der Waals surface area contributed by atoms with Crippen molar-refractivity contribution < 1.29 is 8.42 Å². The molecule has 0 fully saturated rings. The van der Waals surface area contributed by atoms with E-state index in [1.54, 1.807) is 12.1 Å². The van der Waals surface area contributed by atoms with Crippen molar-refractivity contribution in [3.63, 3.8) is 0 Å². The van der Waals surface area contributed by atoms with Gasteiger partial charge in [0, 0.05) is 12.1 Å². The fraction of sp³-hybridized carbons (Fsp3) is 0.625. The molecule has 2 N–H and O–H groups in total. The fourth-order valence-electron chi connectivity index (χ4n) is 2.18. The monoisotopic (exact) mass is 312 g/mol. The topological polar surface area (TPSA) is 58.2 Å². The molecule has 1 rings (SSSR count). The van der Waals surface area contributed by atoms with Gasteiger partial charge in [0.1, 0.15) is 0 Å². The first-order valence-electron chi connectivity index (χ1n) is 7.73. The molecule has 1 aromatic rings. The molecule has 0 radical (unpaired) electrons. The van der Waals surface area contributed by atoms with Gasteiger partial charge in [-0.05, 0) is 57.4 Å². The van der Waals surface area contributed by atoms with Gasteiger partial charge in [0.2, 0.25) is 10.0 Å². The minimum Gasteiger partial charge on any atom is -0.314 e. The lowest BCUT2D eigenvalue weighted by Gasteiger charge is -2.17. The van der Waals surface area contributed by atoms with Gasteiger partial charge < -0.3 is 5.32 Å². The zero-order chi connectivity index (χ0) is 15.9. The zero-order valence-electron chi connectivity index (χ0n) is 13.5. The first kappa shape index (κ1) is 18.1. The average molecular weight is 312 g/mol. The van der Waals surface area contributed by atoms with Crippen molar-refractivity contribution in [3.8, 4) is 0 Å². The van der Waals surface area contributed by atoms with E-state index < -0.39 is 10.0 Å². The number of hydrogen-bond donors (Lipinski definition) is 2. The Balaban J connectivity index is 2.73. The molecule has 0 bridgehead atoms. The fourth-order valence-corrected chi connectivity index (χ4v) is 3.43. The molecule has 0 aliphatic carbocycles. The number of sulfonamides is 1. The number of nitrogens with one attached hydrogen (secondary N) is 2. The van der Waals surface area contributed by atoms with Gasteiger partial charge in [0.25, 0.3) is 0 Å². The van der Waals surface area contributed by atoms with Crippen molar-refractivity contribution in [2.24, 2.45) is 0 Å². The van der Waals surface area contributed by atoms with Crippen LogP contribution in [0.25, 0.3) is 0 Å². The highest BCUT2D eigenvalue weighted by Gasteiger charge is 2.15. The van der Waals surface area contributed by atoms with Crippen LogP contribution >= 0.6 is 0 Å². The molecule has 120 valence electrons. The molecule has 1 unspecified atom stereocenters. The Hall–Kier alpha value is -0.910. The van der Waals surface area contributed by atoms with Gasteiger partial charge in [-0.15, -0.1) is 0 Å². The lowest BCUT2D eigenvalue weighted by Crippen LogP contribution is -2.31. The second-order valence-electron chi connectivity index (χ2n) is 5.68. The van der Waals surface area contributed by atoms with E-state index in [4.69, 9.17) is 0 Å². The second kappa shape index (κ2) is 8.51. The molecule has 1 aromatic carbocycles. The van der Waals surface area contributed by atoms with Crippen LogP contribution in [0, 0.1) is 0 Å². The predicted molar refractivity (Wildman–Crippen MR) is 88.0 cm³/mol. The molecule has 0 amide bonds. The number of rotatable bonds is 9. The third kappa shape index (κ3) is 6.16. The summed E-state index contributed by atoms with van der Waals surface area (Å²) in [6, 6.07) is 7.54. The average Bonchev–Trinajstić information content (AvgIpc) is 2.42. The molecule has 1 atom stereocenters. The summed E-state index contributed by atoms with van der Waals surface area (Å²) in [5, 5.41) is 3.51. The van der Waals surface area contributed by atoms with Crippen molar-refractivity contribution in [2.45, 2.75) is 63.9 Å². The maximum Gasteiger partial charge on any atom is 0.240 e. The van der Waals surface area contributed by atoms with Crippen LogP contribution in [0.5, 0.6) is 0 Å². The SMILES string of the molecule is CCCNC(CC)Cc1ccc(S(=O)(=O)NC(C)C)cc1. The maximum atomic E-state index is 12.1. The molecule has 4 nitrogen and oxygen atoms in total. The lowest BCUT2D eigenvalue weighted by molar-refractivity contribution is 0.494. The molecule has 0 saturated heterocycles. The second-order valence-corrected chi connectivity index (χ2v) is 7.40. The minimum atomic E-state index is -3.39. The van der Waals surface area contributed by atoms with E-state index in [2.05, 4.69) is 23.9 Å². The summed E-state index contributed by atoms with van der Waals surface area (Å²) in [6.07, 6.45) is 3.11. The molecule has 0 heterocycles. The molecule has 0 aromatic heterocycles. The Morgan fingerprint density at radius 3 is 2.19 bits per heavy atom. The van der Waals surface area contributed by atoms with Crippen LogP contribution < -0.4 is 10.0 Å². The molecule has 0 aliphatic heterocycles. The zero-order valence-corrected chi connectivity index (χ0v) is 14.3. The Labute approximate surface area is 129 Å². The van der Waals surface area contributed by atoms with Crippen LogP contribution in [0.15, 0.2) is 29.2 Å². The third-order valence-corrected chi connectivity index (χ3v) is 4.96. The van der Waals surface area contributed by atoms with Gasteiger partial charge in [-0.3, -0.25) is 0 Å². The molecular weight excluding hydrogens is 284 g/mol. The third-order valence-electron chi connectivity index (χ3n) is 3.28. The van der Waals surface area contributed by atoms with E-state index >= 15 is 0 Å². The highest BCUT2D eigenvalue weighted by atomic mass is 32.2. The summed E-state index contributed by atoms with van der Waals surface area (Å²) in [5.74, 6) is 0. The van der Waals surface area contributed by atoms with Gasteiger partial charge in [-0.25, -0.2) is 13.1 Å². The van der Waals surface area contributed by atoms with Crippen molar-refractivity contribution in [3.05, 3.63) is 29.8 Å². The normalized spacial score (nSPS) is 13.6. The largest absolute Gasteiger partial charge is 0.314 e. The Morgan fingerprint density at radius 2 is 1.71 bits per heavy atom. The van der Waals surface area contributed by atoms with Crippen LogP contribution in [0.4, 0.5) is 0 Å². The summed E-state index contributed by atoms with van der Waals surface area (Å²) < 4.78 is 26.7. The molecule has 21 heavy (non-hydrogen) atoms. The van der Waals surface area contributed by atoms with Crippen molar-refractivity contribution >= 4 is 10.0 Å². The van der Waals surface area contributed by atoms with E-state index in [0.717, 1.165) is 31.4 Å². The first-order valence-corrected chi connectivity index (χ1v) is 9.22. The van der Waals surface area contributed by atoms with Crippen LogP contribution in [0.1, 0.15) is 46.1 Å². The lowest BCUT2D eigenvalue weighted by atomic mass is 10.0. The van der Waals surface area contributed by atoms with Crippen molar-refractivity contribution in [1.82, 2.24) is 10.0 Å². The minimum absolute atomic E-state index is 0.0996. The summed E-state index contributed by atoms with van der Waals surface area (Å²) in [5.41, 5.74) is 1.16. The van der Waals surface area contributed by atoms with Gasteiger partial charge in [-0.1, -0.05) is 26.0 Å². The van der Waals surface area contributed by atoms with Gasteiger partial charge in [-0.2, -0.15) is 0 Å². The van der Waals surface area contributed by atoms with Crippen LogP contribution in [0.3, 0.4) is 0 Å². The summed E-state index contributed by atoms with van der Waals surface area (Å²) in [4.78, 5) is 0.328. The molecule has 0 spiro atoms. The van der Waals surface area contributed by atoms with Crippen molar-refractivity contribution in [1.29, 1.82) is 0 Å². The summed E-state index contributed by atoms with van der Waals surface area (Å²) in [6.45, 7) is 8.97. The molecule has 5 heteroatoms. The smallest absolute Gasteiger partial charge is 0.240 e. The first-order chi connectivity index (χ1) is 9.89. The standard InChI is InChI=1S/C16H28N2O2S/c1-5-11-17-15(6-2)12-14-7-9-16(10-8-14)21(19,20)18-13(3)4/h7-10,13,15,17-18H,5-6,11-12H2,1-4H3. The highest BCUT2D eigenvalue weighted by Crippen LogP contribution is 2.13. The Bertz CT molecular complexity index is 510. The van der Waals surface area contributed by atoms with E-state index in [1.165, 1.54) is 0 Å². The highest BCUT2D eigenvalue weighted by molar-refractivity contribution is 7.89.